The molecule has 5 nitrogen and oxygen atoms in total. The molecule has 0 radical (unpaired) electrons. The zero-order chi connectivity index (χ0) is 14.8. The summed E-state index contributed by atoms with van der Waals surface area (Å²) >= 11 is 0. The van der Waals surface area contributed by atoms with E-state index in [0.29, 0.717) is 18.7 Å². The number of carbonyl (C=O) groups is 1. The lowest BCUT2D eigenvalue weighted by molar-refractivity contribution is -0.116. The number of nitrogens with two attached hydrogens (primary N) is 1. The molecule has 3 rings (SSSR count). The first kappa shape index (κ1) is 13.4. The predicted octanol–water partition coefficient (Wildman–Crippen LogP) is 2.47. The van der Waals surface area contributed by atoms with Gasteiger partial charge in [0.1, 0.15) is 0 Å². The van der Waals surface area contributed by atoms with Crippen LogP contribution in [0.5, 0.6) is 0 Å². The number of aromatic nitrogens is 1. The molecule has 1 aromatic heterocycles. The molecule has 1 amide bonds. The summed E-state index contributed by atoms with van der Waals surface area (Å²) < 4.78 is 0. The van der Waals surface area contributed by atoms with Gasteiger partial charge in [-0.25, -0.2) is 0 Å². The molecular weight excluding hydrogens is 264 g/mol. The van der Waals surface area contributed by atoms with E-state index in [0.717, 1.165) is 34.6 Å². The fourth-order valence-electron chi connectivity index (χ4n) is 2.40. The van der Waals surface area contributed by atoms with E-state index in [2.05, 4.69) is 15.6 Å². The number of carbonyl (C=O) groups excluding carboxylic acids is 1. The molecular formula is C16H18N4O. The van der Waals surface area contributed by atoms with Crippen molar-refractivity contribution in [1.82, 2.24) is 4.98 Å². The highest BCUT2D eigenvalue weighted by Crippen LogP contribution is 2.31. The van der Waals surface area contributed by atoms with Crippen molar-refractivity contribution in [1.29, 1.82) is 0 Å². The Labute approximate surface area is 123 Å². The SMILES string of the molecule is Cc1ccc(CNc2cc3c(cc2N)CCC(=O)N3)cn1. The predicted molar refractivity (Wildman–Crippen MR) is 84.1 cm³/mol. The van der Waals surface area contributed by atoms with Crippen LogP contribution >= 0.6 is 0 Å². The lowest BCUT2D eigenvalue weighted by atomic mass is 10.0. The van der Waals surface area contributed by atoms with Crippen molar-refractivity contribution in [3.63, 3.8) is 0 Å². The number of benzene rings is 1. The van der Waals surface area contributed by atoms with Crippen LogP contribution in [0.2, 0.25) is 0 Å². The van der Waals surface area contributed by atoms with Gasteiger partial charge in [-0.3, -0.25) is 9.78 Å². The quantitative estimate of drug-likeness (QED) is 0.755. The zero-order valence-electron chi connectivity index (χ0n) is 11.9. The number of amides is 1. The van der Waals surface area contributed by atoms with E-state index in [4.69, 9.17) is 5.73 Å². The van der Waals surface area contributed by atoms with Crippen LogP contribution in [0.4, 0.5) is 17.1 Å². The monoisotopic (exact) mass is 282 g/mol. The van der Waals surface area contributed by atoms with Gasteiger partial charge in [0.25, 0.3) is 0 Å². The van der Waals surface area contributed by atoms with E-state index < -0.39 is 0 Å². The third-order valence-electron chi connectivity index (χ3n) is 3.63. The summed E-state index contributed by atoms with van der Waals surface area (Å²) in [5.74, 6) is 0.0564. The van der Waals surface area contributed by atoms with Crippen molar-refractivity contribution in [2.24, 2.45) is 0 Å². The Morgan fingerprint density at radius 1 is 1.33 bits per heavy atom. The van der Waals surface area contributed by atoms with E-state index in [9.17, 15) is 4.79 Å². The van der Waals surface area contributed by atoms with Crippen LogP contribution < -0.4 is 16.4 Å². The number of nitrogen functional groups attached to an aromatic ring is 1. The molecule has 0 aliphatic carbocycles. The lowest BCUT2D eigenvalue weighted by Gasteiger charge is -2.19. The Morgan fingerprint density at radius 2 is 2.19 bits per heavy atom. The second-order valence-electron chi connectivity index (χ2n) is 5.31. The largest absolute Gasteiger partial charge is 0.397 e. The summed E-state index contributed by atoms with van der Waals surface area (Å²) in [5.41, 5.74) is 11.6. The molecule has 1 aliphatic heterocycles. The molecule has 2 aromatic rings. The molecule has 0 atom stereocenters. The molecule has 5 heteroatoms. The zero-order valence-corrected chi connectivity index (χ0v) is 11.9. The van der Waals surface area contributed by atoms with Crippen molar-refractivity contribution in [2.75, 3.05) is 16.4 Å². The maximum Gasteiger partial charge on any atom is 0.224 e. The van der Waals surface area contributed by atoms with Crippen molar-refractivity contribution in [3.05, 3.63) is 47.3 Å². The Hall–Kier alpha value is -2.56. The van der Waals surface area contributed by atoms with Crippen LogP contribution in [-0.2, 0) is 17.8 Å². The van der Waals surface area contributed by atoms with Crippen molar-refractivity contribution < 1.29 is 4.79 Å². The number of nitrogens with zero attached hydrogens (tertiary/aromatic N) is 1. The molecule has 0 bridgehead atoms. The molecule has 0 saturated carbocycles. The van der Waals surface area contributed by atoms with E-state index in [-0.39, 0.29) is 5.91 Å². The Balaban J connectivity index is 1.77. The molecule has 21 heavy (non-hydrogen) atoms. The van der Waals surface area contributed by atoms with Crippen LogP contribution in [0.1, 0.15) is 23.2 Å². The average Bonchev–Trinajstić information content (AvgIpc) is 2.47. The summed E-state index contributed by atoms with van der Waals surface area (Å²) in [6, 6.07) is 7.85. The van der Waals surface area contributed by atoms with Gasteiger partial charge in [-0.05, 0) is 42.7 Å². The summed E-state index contributed by atoms with van der Waals surface area (Å²) in [5, 5.41) is 6.18. The third kappa shape index (κ3) is 2.97. The van der Waals surface area contributed by atoms with Gasteiger partial charge in [0.15, 0.2) is 0 Å². The molecule has 0 unspecified atom stereocenters. The second kappa shape index (κ2) is 5.44. The van der Waals surface area contributed by atoms with E-state index in [1.807, 2.05) is 37.4 Å². The van der Waals surface area contributed by atoms with Crippen LogP contribution in [-0.4, -0.2) is 10.9 Å². The fourth-order valence-corrected chi connectivity index (χ4v) is 2.40. The highest BCUT2D eigenvalue weighted by molar-refractivity contribution is 5.95. The Kier molecular flexibility index (Phi) is 3.48. The number of hydrogen-bond donors (Lipinski definition) is 3. The summed E-state index contributed by atoms with van der Waals surface area (Å²) in [6.07, 6.45) is 3.11. The minimum absolute atomic E-state index is 0.0564. The summed E-state index contributed by atoms with van der Waals surface area (Å²) in [4.78, 5) is 15.7. The van der Waals surface area contributed by atoms with E-state index in [1.165, 1.54) is 0 Å². The van der Waals surface area contributed by atoms with Gasteiger partial charge in [-0.1, -0.05) is 6.07 Å². The van der Waals surface area contributed by atoms with Crippen LogP contribution in [0, 0.1) is 6.92 Å². The number of fused-ring (bicyclic) bond motifs is 1. The van der Waals surface area contributed by atoms with Gasteiger partial charge in [-0.15, -0.1) is 0 Å². The van der Waals surface area contributed by atoms with Crippen LogP contribution in [0.15, 0.2) is 30.5 Å². The van der Waals surface area contributed by atoms with Crippen LogP contribution in [0.3, 0.4) is 0 Å². The van der Waals surface area contributed by atoms with Gasteiger partial charge in [0.05, 0.1) is 11.4 Å². The number of anilines is 3. The first-order chi connectivity index (χ1) is 10.1. The normalized spacial score (nSPS) is 13.5. The van der Waals surface area contributed by atoms with Crippen LogP contribution in [0.25, 0.3) is 0 Å². The summed E-state index contributed by atoms with van der Waals surface area (Å²) in [7, 11) is 0. The van der Waals surface area contributed by atoms with Gasteiger partial charge in [0.2, 0.25) is 5.91 Å². The molecule has 4 N–H and O–H groups in total. The molecule has 0 spiro atoms. The van der Waals surface area contributed by atoms with Crippen molar-refractivity contribution in [2.45, 2.75) is 26.3 Å². The molecule has 2 heterocycles. The smallest absolute Gasteiger partial charge is 0.224 e. The number of aryl methyl sites for hydroxylation is 2. The highest BCUT2D eigenvalue weighted by atomic mass is 16.1. The minimum atomic E-state index is 0.0564. The minimum Gasteiger partial charge on any atom is -0.397 e. The van der Waals surface area contributed by atoms with E-state index in [1.54, 1.807) is 0 Å². The highest BCUT2D eigenvalue weighted by Gasteiger charge is 2.16. The lowest BCUT2D eigenvalue weighted by Crippen LogP contribution is -2.19. The van der Waals surface area contributed by atoms with Gasteiger partial charge >= 0.3 is 0 Å². The number of rotatable bonds is 3. The van der Waals surface area contributed by atoms with Gasteiger partial charge in [-0.2, -0.15) is 0 Å². The third-order valence-corrected chi connectivity index (χ3v) is 3.63. The number of hydrogen-bond acceptors (Lipinski definition) is 4. The maximum absolute atomic E-state index is 11.5. The molecule has 108 valence electrons. The standard InChI is InChI=1S/C16H18N4O/c1-10-2-3-11(8-18-10)9-19-15-7-14-12(6-13(15)17)4-5-16(21)20-14/h2-3,6-8,19H,4-5,9,17H2,1H3,(H,20,21). The Morgan fingerprint density at radius 3 is 2.95 bits per heavy atom. The fraction of sp³-hybridized carbons (Fsp3) is 0.250. The molecule has 0 saturated heterocycles. The number of nitrogens with one attached hydrogen (secondary N) is 2. The van der Waals surface area contributed by atoms with Gasteiger partial charge in [0, 0.05) is 30.5 Å². The molecule has 1 aromatic carbocycles. The van der Waals surface area contributed by atoms with Gasteiger partial charge < -0.3 is 16.4 Å². The second-order valence-corrected chi connectivity index (χ2v) is 5.31. The Bertz CT molecular complexity index is 679. The maximum atomic E-state index is 11.5. The topological polar surface area (TPSA) is 80.0 Å². The first-order valence-electron chi connectivity index (χ1n) is 6.99. The van der Waals surface area contributed by atoms with Crippen molar-refractivity contribution >= 4 is 23.0 Å². The number of pyridine rings is 1. The molecule has 0 fully saturated rings. The van der Waals surface area contributed by atoms with E-state index >= 15 is 0 Å². The first-order valence-corrected chi connectivity index (χ1v) is 6.99. The summed E-state index contributed by atoms with van der Waals surface area (Å²) in [6.45, 7) is 2.60. The molecule has 1 aliphatic rings. The van der Waals surface area contributed by atoms with Crippen molar-refractivity contribution in [3.8, 4) is 0 Å². The average molecular weight is 282 g/mol.